The summed E-state index contributed by atoms with van der Waals surface area (Å²) in [7, 11) is 0. The molecule has 0 saturated heterocycles. The van der Waals surface area contributed by atoms with Crippen LogP contribution in [0.1, 0.15) is 18.4 Å². The van der Waals surface area contributed by atoms with E-state index in [4.69, 9.17) is 0 Å². The summed E-state index contributed by atoms with van der Waals surface area (Å²) < 4.78 is 0.840. The zero-order chi connectivity index (χ0) is 15.5. The minimum absolute atomic E-state index is 0.0857. The van der Waals surface area contributed by atoms with E-state index < -0.39 is 4.92 Å². The van der Waals surface area contributed by atoms with E-state index in [-0.39, 0.29) is 11.6 Å². The largest absolute Gasteiger partial charge is 0.273 e. The summed E-state index contributed by atoms with van der Waals surface area (Å²) in [5.74, 6) is 0.570. The fraction of sp³-hybridized carbons (Fsp3) is 0.308. The minimum Gasteiger partial charge on any atom is -0.273 e. The molecule has 7 nitrogen and oxygen atoms in total. The lowest BCUT2D eigenvalue weighted by Gasteiger charge is -2.08. The number of carbonyl (C=O) groups excluding carboxylic acids is 1. The second-order valence-corrected chi connectivity index (χ2v) is 6.87. The fourth-order valence-corrected chi connectivity index (χ4v) is 3.93. The summed E-state index contributed by atoms with van der Waals surface area (Å²) in [6.07, 6.45) is 1.23. The molecule has 114 valence electrons. The number of hydrogen-bond acceptors (Lipinski definition) is 7. The van der Waals surface area contributed by atoms with E-state index in [0.717, 1.165) is 16.4 Å². The lowest BCUT2D eigenvalue weighted by Crippen LogP contribution is -2.18. The second kappa shape index (κ2) is 6.49. The molecule has 0 atom stereocenters. The molecule has 2 aliphatic rings. The molecule has 1 aromatic carbocycles. The molecule has 2 aliphatic heterocycles. The van der Waals surface area contributed by atoms with E-state index in [1.165, 1.54) is 35.7 Å². The van der Waals surface area contributed by atoms with Crippen LogP contribution in [0.15, 0.2) is 34.4 Å². The van der Waals surface area contributed by atoms with Gasteiger partial charge in [-0.05, 0) is 23.7 Å². The minimum atomic E-state index is -0.413. The van der Waals surface area contributed by atoms with Crippen molar-refractivity contribution in [1.29, 1.82) is 0 Å². The van der Waals surface area contributed by atoms with Crippen LogP contribution in [-0.4, -0.2) is 31.9 Å². The van der Waals surface area contributed by atoms with Gasteiger partial charge in [-0.15, -0.1) is 0 Å². The third kappa shape index (κ3) is 3.47. The van der Waals surface area contributed by atoms with Crippen LogP contribution in [0.2, 0.25) is 0 Å². The second-order valence-electron chi connectivity index (χ2n) is 4.70. The Morgan fingerprint density at radius 2 is 2.14 bits per heavy atom. The lowest BCUT2D eigenvalue weighted by atomic mass is 10.2. The SMILES string of the molecule is O=C1CCCN2N=C(SCc3ccc([N+](=O)[O-])cc3)SC2=N1. The normalized spacial score (nSPS) is 17.6. The number of thioether (sulfide) groups is 2. The van der Waals surface area contributed by atoms with E-state index in [1.807, 2.05) is 0 Å². The molecular formula is C13H12N4O3S2. The van der Waals surface area contributed by atoms with Crippen molar-refractivity contribution in [2.75, 3.05) is 6.54 Å². The van der Waals surface area contributed by atoms with Crippen LogP contribution in [0.25, 0.3) is 0 Å². The predicted molar refractivity (Wildman–Crippen MR) is 87.8 cm³/mol. The Morgan fingerprint density at radius 1 is 1.36 bits per heavy atom. The number of non-ortho nitro benzene ring substituents is 1. The Kier molecular flexibility index (Phi) is 4.44. The van der Waals surface area contributed by atoms with Gasteiger partial charge in [0.25, 0.3) is 5.69 Å². The first-order valence-corrected chi connectivity index (χ1v) is 8.44. The van der Waals surface area contributed by atoms with Crippen LogP contribution >= 0.6 is 23.5 Å². The maximum absolute atomic E-state index is 11.5. The highest BCUT2D eigenvalue weighted by Crippen LogP contribution is 2.31. The van der Waals surface area contributed by atoms with Crippen molar-refractivity contribution >= 4 is 44.7 Å². The Balaban J connectivity index is 1.60. The number of nitrogens with zero attached hydrogens (tertiary/aromatic N) is 4. The predicted octanol–water partition coefficient (Wildman–Crippen LogP) is 2.82. The van der Waals surface area contributed by atoms with Crippen molar-refractivity contribution in [3.8, 4) is 0 Å². The molecule has 0 unspecified atom stereocenters. The standard InChI is InChI=1S/C13H12N4O3S2/c18-11-2-1-7-16-12(14-11)22-13(15-16)21-8-9-3-5-10(6-4-9)17(19)20/h3-6H,1-2,7-8H2. The molecule has 0 radical (unpaired) electrons. The molecule has 3 rings (SSSR count). The van der Waals surface area contributed by atoms with Gasteiger partial charge in [-0.2, -0.15) is 10.1 Å². The van der Waals surface area contributed by atoms with Crippen LogP contribution in [0.5, 0.6) is 0 Å². The number of hydrogen-bond donors (Lipinski definition) is 0. The number of rotatable bonds is 3. The first-order valence-electron chi connectivity index (χ1n) is 6.63. The summed E-state index contributed by atoms with van der Waals surface area (Å²) >= 11 is 2.93. The van der Waals surface area contributed by atoms with Crippen molar-refractivity contribution < 1.29 is 9.72 Å². The van der Waals surface area contributed by atoms with Gasteiger partial charge in [0.2, 0.25) is 5.91 Å². The third-order valence-corrected chi connectivity index (χ3v) is 5.24. The molecule has 2 heterocycles. The smallest absolute Gasteiger partial charge is 0.269 e. The van der Waals surface area contributed by atoms with Crippen molar-refractivity contribution in [3.63, 3.8) is 0 Å². The highest BCUT2D eigenvalue weighted by molar-refractivity contribution is 8.45. The average Bonchev–Trinajstić information content (AvgIpc) is 2.79. The van der Waals surface area contributed by atoms with Gasteiger partial charge in [0.05, 0.1) is 4.92 Å². The number of carbonyl (C=O) groups is 1. The highest BCUT2D eigenvalue weighted by atomic mass is 32.2. The number of nitro benzene ring substituents is 1. The first kappa shape index (κ1) is 15.0. The molecule has 1 aromatic rings. The van der Waals surface area contributed by atoms with Crippen LogP contribution < -0.4 is 0 Å². The van der Waals surface area contributed by atoms with E-state index >= 15 is 0 Å². The number of aliphatic imine (C=N–C) groups is 1. The molecule has 0 fully saturated rings. The van der Waals surface area contributed by atoms with Crippen molar-refractivity contribution in [2.45, 2.75) is 18.6 Å². The van der Waals surface area contributed by atoms with Crippen LogP contribution in [0, 0.1) is 10.1 Å². The molecule has 0 spiro atoms. The molecule has 0 N–H and O–H groups in total. The lowest BCUT2D eigenvalue weighted by molar-refractivity contribution is -0.384. The molecule has 0 saturated carbocycles. The van der Waals surface area contributed by atoms with Crippen molar-refractivity contribution in [2.24, 2.45) is 10.1 Å². The van der Waals surface area contributed by atoms with Gasteiger partial charge >= 0.3 is 0 Å². The number of benzene rings is 1. The Hall–Kier alpha value is -1.87. The third-order valence-electron chi connectivity index (χ3n) is 3.09. The number of nitro groups is 1. The molecular weight excluding hydrogens is 324 g/mol. The molecule has 9 heteroatoms. The first-order chi connectivity index (χ1) is 10.6. The maximum atomic E-state index is 11.5. The monoisotopic (exact) mass is 336 g/mol. The van der Waals surface area contributed by atoms with Gasteiger partial charge < -0.3 is 0 Å². The number of amidine groups is 1. The number of hydrazone groups is 1. The van der Waals surface area contributed by atoms with Gasteiger partial charge in [0.1, 0.15) is 0 Å². The average molecular weight is 336 g/mol. The number of fused-ring (bicyclic) bond motifs is 1. The fourth-order valence-electron chi connectivity index (χ4n) is 1.98. The van der Waals surface area contributed by atoms with Gasteiger partial charge in [-0.25, -0.2) is 5.01 Å². The van der Waals surface area contributed by atoms with E-state index in [9.17, 15) is 14.9 Å². The molecule has 1 amide bonds. The molecule has 22 heavy (non-hydrogen) atoms. The quantitative estimate of drug-likeness (QED) is 0.623. The van der Waals surface area contributed by atoms with E-state index in [0.29, 0.717) is 23.9 Å². The van der Waals surface area contributed by atoms with Gasteiger partial charge in [-0.1, -0.05) is 23.9 Å². The molecule has 0 aliphatic carbocycles. The summed E-state index contributed by atoms with van der Waals surface area (Å²) in [5, 5.41) is 17.5. The van der Waals surface area contributed by atoms with E-state index in [1.54, 1.807) is 17.1 Å². The number of amides is 1. The van der Waals surface area contributed by atoms with E-state index in [2.05, 4.69) is 10.1 Å². The van der Waals surface area contributed by atoms with Crippen LogP contribution in [0.4, 0.5) is 5.69 Å². The maximum Gasteiger partial charge on any atom is 0.269 e. The Labute approximate surface area is 135 Å². The Bertz CT molecular complexity index is 672. The summed E-state index contributed by atoms with van der Waals surface area (Å²) in [6.45, 7) is 0.708. The zero-order valence-corrected chi connectivity index (χ0v) is 13.1. The van der Waals surface area contributed by atoms with Crippen molar-refractivity contribution in [3.05, 3.63) is 39.9 Å². The zero-order valence-electron chi connectivity index (χ0n) is 11.5. The van der Waals surface area contributed by atoms with Crippen molar-refractivity contribution in [1.82, 2.24) is 5.01 Å². The van der Waals surface area contributed by atoms with Gasteiger partial charge in [0.15, 0.2) is 9.54 Å². The molecule has 0 bridgehead atoms. The summed E-state index contributed by atoms with van der Waals surface area (Å²) in [6, 6.07) is 6.47. The summed E-state index contributed by atoms with van der Waals surface area (Å²) in [4.78, 5) is 25.7. The van der Waals surface area contributed by atoms with Gasteiger partial charge in [-0.3, -0.25) is 14.9 Å². The summed E-state index contributed by atoms with van der Waals surface area (Å²) in [5.41, 5.74) is 1.07. The highest BCUT2D eigenvalue weighted by Gasteiger charge is 2.26. The molecule has 0 aromatic heterocycles. The van der Waals surface area contributed by atoms with Gasteiger partial charge in [0, 0.05) is 30.9 Å². The topological polar surface area (TPSA) is 88.2 Å². The van der Waals surface area contributed by atoms with Crippen LogP contribution in [0.3, 0.4) is 0 Å². The Morgan fingerprint density at radius 3 is 2.86 bits per heavy atom. The van der Waals surface area contributed by atoms with Crippen LogP contribution in [-0.2, 0) is 10.5 Å².